The molecule has 152 valence electrons. The maximum Gasteiger partial charge on any atom is 0.250 e. The van der Waals surface area contributed by atoms with E-state index in [1.807, 2.05) is 26.3 Å². The topological polar surface area (TPSA) is 60.1 Å². The van der Waals surface area contributed by atoms with Gasteiger partial charge in [-0.3, -0.25) is 14.3 Å². The summed E-state index contributed by atoms with van der Waals surface area (Å²) in [6.45, 7) is 9.32. The summed E-state index contributed by atoms with van der Waals surface area (Å²) >= 11 is 0. The number of likely N-dealkylation sites (tertiary alicyclic amines) is 1. The zero-order chi connectivity index (χ0) is 20.1. The van der Waals surface area contributed by atoms with E-state index in [1.165, 1.54) is 11.3 Å². The zero-order valence-corrected chi connectivity index (χ0v) is 17.4. The second kappa shape index (κ2) is 5.61. The molecule has 1 saturated heterocycles. The molecule has 2 aliphatic heterocycles. The van der Waals surface area contributed by atoms with Crippen molar-refractivity contribution in [1.82, 2.24) is 19.2 Å². The average Bonchev–Trinajstić information content (AvgIpc) is 3.00. The van der Waals surface area contributed by atoms with E-state index >= 15 is 0 Å². The highest BCUT2D eigenvalue weighted by Crippen LogP contribution is 2.70. The Balaban J connectivity index is 1.23. The predicted octanol–water partition coefficient (Wildman–Crippen LogP) is 2.29. The summed E-state index contributed by atoms with van der Waals surface area (Å²) < 4.78 is 3.90. The summed E-state index contributed by atoms with van der Waals surface area (Å²) in [6.07, 6.45) is 2.13. The lowest BCUT2D eigenvalue weighted by Crippen LogP contribution is -2.49. The van der Waals surface area contributed by atoms with Crippen molar-refractivity contribution in [2.75, 3.05) is 13.1 Å². The van der Waals surface area contributed by atoms with Crippen LogP contribution >= 0.6 is 0 Å². The van der Waals surface area contributed by atoms with Gasteiger partial charge >= 0.3 is 0 Å². The van der Waals surface area contributed by atoms with E-state index in [0.717, 1.165) is 43.2 Å². The molecular formula is C23H28N4O2. The van der Waals surface area contributed by atoms with Crippen LogP contribution in [0, 0.1) is 24.2 Å². The van der Waals surface area contributed by atoms with Crippen LogP contribution in [0.15, 0.2) is 23.0 Å². The summed E-state index contributed by atoms with van der Waals surface area (Å²) in [5.74, 6) is 2.14. The van der Waals surface area contributed by atoms with Crippen molar-refractivity contribution in [3.63, 3.8) is 0 Å². The molecule has 2 aromatic rings. The number of hydrogen-bond acceptors (Lipinski definition) is 3. The zero-order valence-electron chi connectivity index (χ0n) is 17.4. The fourth-order valence-electron chi connectivity index (χ4n) is 6.63. The largest absolute Gasteiger partial charge is 0.340 e. The molecule has 0 spiro atoms. The Hall–Kier alpha value is -2.37. The minimum atomic E-state index is 0.0843. The molecule has 2 bridgehead atoms. The smallest absolute Gasteiger partial charge is 0.250 e. The Morgan fingerprint density at radius 2 is 2.07 bits per heavy atom. The molecule has 6 heteroatoms. The minimum absolute atomic E-state index is 0.0843. The number of carbonyl (C=O) groups is 1. The summed E-state index contributed by atoms with van der Waals surface area (Å²) in [6, 6.07) is 5.53. The van der Waals surface area contributed by atoms with Crippen molar-refractivity contribution in [3.8, 4) is 0 Å². The number of carbonyl (C=O) groups excluding carboxylic acids is 1. The second-order valence-electron chi connectivity index (χ2n) is 10.2. The predicted molar refractivity (Wildman–Crippen MR) is 109 cm³/mol. The van der Waals surface area contributed by atoms with E-state index in [9.17, 15) is 9.59 Å². The Bertz CT molecular complexity index is 1090. The average molecular weight is 393 g/mol. The maximum absolute atomic E-state index is 13.2. The molecule has 1 amide bonds. The molecule has 4 aliphatic rings. The minimum Gasteiger partial charge on any atom is -0.340 e. The maximum atomic E-state index is 13.2. The molecule has 2 aliphatic carbocycles. The SMILES string of the molecule is Cc1nn(CC(=O)N2C[C@H]3C[C@@H](C2)c2cccc(=O)n2C3)c2c1[C@H]1[C@@H](C2)C1(C)C. The number of aromatic nitrogens is 3. The van der Waals surface area contributed by atoms with Gasteiger partial charge < -0.3 is 9.47 Å². The van der Waals surface area contributed by atoms with Gasteiger partial charge in [0.05, 0.1) is 5.69 Å². The Morgan fingerprint density at radius 1 is 1.24 bits per heavy atom. The monoisotopic (exact) mass is 392 g/mol. The molecule has 2 aromatic heterocycles. The Labute approximate surface area is 170 Å². The van der Waals surface area contributed by atoms with Gasteiger partial charge in [0.25, 0.3) is 5.56 Å². The lowest BCUT2D eigenvalue weighted by atomic mass is 9.83. The van der Waals surface area contributed by atoms with Gasteiger partial charge in [0.2, 0.25) is 5.91 Å². The van der Waals surface area contributed by atoms with E-state index < -0.39 is 0 Å². The number of hydrogen-bond donors (Lipinski definition) is 0. The standard InChI is InChI=1S/C23H28N4O2/c1-13-21-18(8-16-22(21)23(16,2)3)27(24-13)12-20(29)25-9-14-7-15(11-25)17-5-4-6-19(28)26(17)10-14/h4-6,14-16,22H,7-12H2,1-3H3/t14-,15+,16-,22-/m1/s1. The summed E-state index contributed by atoms with van der Waals surface area (Å²) in [5.41, 5.74) is 5.38. The first kappa shape index (κ1) is 17.5. The van der Waals surface area contributed by atoms with Gasteiger partial charge in [0.1, 0.15) is 6.54 Å². The molecule has 6 nitrogen and oxygen atoms in total. The number of nitrogens with zero attached hydrogens (tertiary/aromatic N) is 4. The Morgan fingerprint density at radius 3 is 2.90 bits per heavy atom. The van der Waals surface area contributed by atoms with Crippen molar-refractivity contribution in [1.29, 1.82) is 0 Å². The lowest BCUT2D eigenvalue weighted by Gasteiger charge is -2.42. The van der Waals surface area contributed by atoms with Gasteiger partial charge in [0, 0.05) is 48.6 Å². The summed E-state index contributed by atoms with van der Waals surface area (Å²) in [7, 11) is 0. The molecule has 6 rings (SSSR count). The van der Waals surface area contributed by atoms with Gasteiger partial charge in [-0.1, -0.05) is 19.9 Å². The quantitative estimate of drug-likeness (QED) is 0.788. The van der Waals surface area contributed by atoms with Gasteiger partial charge in [-0.25, -0.2) is 0 Å². The summed E-state index contributed by atoms with van der Waals surface area (Å²) in [4.78, 5) is 27.4. The van der Waals surface area contributed by atoms with E-state index in [4.69, 9.17) is 5.10 Å². The van der Waals surface area contributed by atoms with E-state index in [2.05, 4.69) is 20.8 Å². The van der Waals surface area contributed by atoms with Gasteiger partial charge in [-0.2, -0.15) is 5.10 Å². The van der Waals surface area contributed by atoms with Crippen LogP contribution in [-0.2, 0) is 24.3 Å². The number of rotatable bonds is 2. The van der Waals surface area contributed by atoms with Crippen LogP contribution in [0.5, 0.6) is 0 Å². The third-order valence-electron chi connectivity index (χ3n) is 8.18. The van der Waals surface area contributed by atoms with Crippen molar-refractivity contribution >= 4 is 5.91 Å². The first-order chi connectivity index (χ1) is 13.8. The van der Waals surface area contributed by atoms with Crippen LogP contribution in [0.4, 0.5) is 0 Å². The van der Waals surface area contributed by atoms with Crippen LogP contribution in [0.2, 0.25) is 0 Å². The van der Waals surface area contributed by atoms with Crippen LogP contribution in [-0.4, -0.2) is 38.2 Å². The number of amides is 1. The molecule has 0 unspecified atom stereocenters. The molecule has 2 fully saturated rings. The third-order valence-corrected chi connectivity index (χ3v) is 8.18. The second-order valence-corrected chi connectivity index (χ2v) is 10.2. The van der Waals surface area contributed by atoms with Crippen LogP contribution in [0.1, 0.15) is 54.7 Å². The highest BCUT2D eigenvalue weighted by Gasteiger charge is 2.63. The number of aryl methyl sites for hydroxylation is 1. The fourth-order valence-corrected chi connectivity index (χ4v) is 6.63. The molecule has 1 saturated carbocycles. The van der Waals surface area contributed by atoms with Crippen molar-refractivity contribution in [2.45, 2.75) is 58.5 Å². The molecule has 0 aromatic carbocycles. The number of fused-ring (bicyclic) bond motifs is 7. The van der Waals surface area contributed by atoms with E-state index in [-0.39, 0.29) is 17.4 Å². The Kier molecular flexibility index (Phi) is 3.38. The first-order valence-electron chi connectivity index (χ1n) is 10.9. The van der Waals surface area contributed by atoms with E-state index in [0.29, 0.717) is 30.3 Å². The van der Waals surface area contributed by atoms with Gasteiger partial charge in [0.15, 0.2) is 0 Å². The molecular weight excluding hydrogens is 364 g/mol. The molecule has 0 radical (unpaired) electrons. The lowest BCUT2D eigenvalue weighted by molar-refractivity contribution is -0.134. The first-order valence-corrected chi connectivity index (χ1v) is 10.9. The molecule has 4 heterocycles. The van der Waals surface area contributed by atoms with Gasteiger partial charge in [-0.15, -0.1) is 0 Å². The normalized spacial score (nSPS) is 30.5. The summed E-state index contributed by atoms with van der Waals surface area (Å²) in [5, 5.41) is 4.75. The van der Waals surface area contributed by atoms with Crippen LogP contribution in [0.3, 0.4) is 0 Å². The van der Waals surface area contributed by atoms with Crippen LogP contribution in [0.25, 0.3) is 0 Å². The molecule has 4 atom stereocenters. The number of pyridine rings is 1. The molecule has 29 heavy (non-hydrogen) atoms. The van der Waals surface area contributed by atoms with Crippen LogP contribution < -0.4 is 5.56 Å². The van der Waals surface area contributed by atoms with Crippen molar-refractivity contribution < 1.29 is 4.79 Å². The highest BCUT2D eigenvalue weighted by atomic mass is 16.2. The fraction of sp³-hybridized carbons (Fsp3) is 0.609. The van der Waals surface area contributed by atoms with E-state index in [1.54, 1.807) is 6.07 Å². The molecule has 0 N–H and O–H groups in total. The number of piperidine rings is 1. The van der Waals surface area contributed by atoms with Crippen molar-refractivity contribution in [2.24, 2.45) is 17.3 Å². The highest BCUT2D eigenvalue weighted by molar-refractivity contribution is 5.76. The van der Waals surface area contributed by atoms with Crippen molar-refractivity contribution in [3.05, 3.63) is 51.2 Å². The third kappa shape index (κ3) is 2.37. The van der Waals surface area contributed by atoms with Gasteiger partial charge in [-0.05, 0) is 49.0 Å².